The number of carbonyl (C=O) groups is 1. The van der Waals surface area contributed by atoms with Crippen LogP contribution in [0.1, 0.15) is 0 Å². The Morgan fingerprint density at radius 2 is 1.52 bits per heavy atom. The number of hydrogen-bond donors (Lipinski definition) is 2. The van der Waals surface area contributed by atoms with Crippen molar-refractivity contribution in [3.8, 4) is 11.3 Å². The standard InChI is InChI=1S/C22H22F2N6O/c1-29-10-12-30(13-11-29)21-9-8-20(27-28-21)15-2-4-16(5-3-15)25-22(31)26-17-6-7-18(23)19(24)14-17/h2-9,14H,10-13H2,1H3,(H2,25,26,31). The van der Waals surface area contributed by atoms with Gasteiger partial charge in [0.15, 0.2) is 17.5 Å². The van der Waals surface area contributed by atoms with Crippen LogP contribution in [-0.4, -0.2) is 54.4 Å². The van der Waals surface area contributed by atoms with E-state index in [1.54, 1.807) is 12.1 Å². The molecule has 2 heterocycles. The van der Waals surface area contributed by atoms with Gasteiger partial charge in [0.25, 0.3) is 0 Å². The van der Waals surface area contributed by atoms with Gasteiger partial charge in [-0.25, -0.2) is 13.6 Å². The van der Waals surface area contributed by atoms with Gasteiger partial charge in [-0.3, -0.25) is 0 Å². The highest BCUT2D eigenvalue weighted by Gasteiger charge is 2.15. The maximum Gasteiger partial charge on any atom is 0.323 e. The fourth-order valence-corrected chi connectivity index (χ4v) is 3.28. The number of aromatic nitrogens is 2. The van der Waals surface area contributed by atoms with E-state index in [2.05, 4.69) is 37.7 Å². The van der Waals surface area contributed by atoms with Crippen molar-refractivity contribution in [3.05, 3.63) is 66.2 Å². The molecule has 1 saturated heterocycles. The van der Waals surface area contributed by atoms with Crippen LogP contribution in [0.2, 0.25) is 0 Å². The fraction of sp³-hybridized carbons (Fsp3) is 0.227. The van der Waals surface area contributed by atoms with Gasteiger partial charge in [0.1, 0.15) is 0 Å². The van der Waals surface area contributed by atoms with Crippen molar-refractivity contribution in [1.29, 1.82) is 0 Å². The number of benzene rings is 2. The summed E-state index contributed by atoms with van der Waals surface area (Å²) < 4.78 is 26.2. The summed E-state index contributed by atoms with van der Waals surface area (Å²) in [6.45, 7) is 3.86. The molecule has 31 heavy (non-hydrogen) atoms. The normalized spacial score (nSPS) is 14.4. The number of amides is 2. The van der Waals surface area contributed by atoms with E-state index < -0.39 is 17.7 Å². The van der Waals surface area contributed by atoms with Gasteiger partial charge in [-0.2, -0.15) is 0 Å². The Balaban J connectivity index is 1.36. The second-order valence-electron chi connectivity index (χ2n) is 7.35. The van der Waals surface area contributed by atoms with E-state index >= 15 is 0 Å². The molecular formula is C22H22F2N6O. The summed E-state index contributed by atoms with van der Waals surface area (Å²) in [5.41, 5.74) is 2.30. The topological polar surface area (TPSA) is 73.4 Å². The van der Waals surface area contributed by atoms with E-state index in [1.165, 1.54) is 6.07 Å². The lowest BCUT2D eigenvalue weighted by atomic mass is 10.1. The predicted octanol–water partition coefficient (Wildman–Crippen LogP) is 3.82. The second kappa shape index (κ2) is 9.05. The number of carbonyl (C=O) groups excluding carboxylic acids is 1. The quantitative estimate of drug-likeness (QED) is 0.666. The molecule has 0 saturated carbocycles. The summed E-state index contributed by atoms with van der Waals surface area (Å²) in [4.78, 5) is 16.6. The number of anilines is 3. The van der Waals surface area contributed by atoms with Crippen LogP contribution < -0.4 is 15.5 Å². The van der Waals surface area contributed by atoms with Crippen molar-refractivity contribution in [3.63, 3.8) is 0 Å². The van der Waals surface area contributed by atoms with Crippen molar-refractivity contribution in [2.45, 2.75) is 0 Å². The summed E-state index contributed by atoms with van der Waals surface area (Å²) in [5, 5.41) is 13.8. The molecule has 7 nitrogen and oxygen atoms in total. The Morgan fingerprint density at radius 3 is 2.16 bits per heavy atom. The number of piperazine rings is 1. The predicted molar refractivity (Wildman–Crippen MR) is 116 cm³/mol. The maximum atomic E-state index is 13.2. The molecule has 1 aromatic heterocycles. The molecule has 0 bridgehead atoms. The zero-order valence-electron chi connectivity index (χ0n) is 17.0. The Labute approximate surface area is 178 Å². The van der Waals surface area contributed by atoms with Crippen molar-refractivity contribution in [2.24, 2.45) is 0 Å². The highest BCUT2D eigenvalue weighted by Crippen LogP contribution is 2.21. The lowest BCUT2D eigenvalue weighted by Crippen LogP contribution is -2.44. The minimum absolute atomic E-state index is 0.156. The van der Waals surface area contributed by atoms with Crippen LogP contribution in [0.3, 0.4) is 0 Å². The highest BCUT2D eigenvalue weighted by atomic mass is 19.2. The summed E-state index contributed by atoms with van der Waals surface area (Å²) in [6, 6.07) is 13.6. The molecule has 160 valence electrons. The maximum absolute atomic E-state index is 13.2. The first-order valence-corrected chi connectivity index (χ1v) is 9.89. The van der Waals surface area contributed by atoms with Gasteiger partial charge in [0.2, 0.25) is 0 Å². The Morgan fingerprint density at radius 1 is 0.839 bits per heavy atom. The van der Waals surface area contributed by atoms with Crippen LogP contribution in [0.5, 0.6) is 0 Å². The number of hydrogen-bond acceptors (Lipinski definition) is 5. The average molecular weight is 424 g/mol. The van der Waals surface area contributed by atoms with E-state index in [0.29, 0.717) is 5.69 Å². The molecule has 0 spiro atoms. The number of nitrogens with one attached hydrogen (secondary N) is 2. The monoisotopic (exact) mass is 424 g/mol. The van der Waals surface area contributed by atoms with Crippen LogP contribution in [0.25, 0.3) is 11.3 Å². The summed E-state index contributed by atoms with van der Waals surface area (Å²) in [7, 11) is 2.11. The summed E-state index contributed by atoms with van der Waals surface area (Å²) in [6.07, 6.45) is 0. The van der Waals surface area contributed by atoms with E-state index in [1.807, 2.05) is 24.3 Å². The first kappa shape index (κ1) is 20.7. The molecule has 4 rings (SSSR count). The number of rotatable bonds is 4. The van der Waals surface area contributed by atoms with Crippen molar-refractivity contribution in [1.82, 2.24) is 15.1 Å². The SMILES string of the molecule is CN1CCN(c2ccc(-c3ccc(NC(=O)Nc4ccc(F)c(F)c4)cc3)nn2)CC1. The number of halogens is 2. The molecule has 0 aliphatic carbocycles. The Bertz CT molecular complexity index is 1050. The highest BCUT2D eigenvalue weighted by molar-refractivity contribution is 5.99. The first-order valence-electron chi connectivity index (χ1n) is 9.89. The van der Waals surface area contributed by atoms with Crippen LogP contribution in [0, 0.1) is 11.6 Å². The van der Waals surface area contributed by atoms with Gasteiger partial charge >= 0.3 is 6.03 Å². The summed E-state index contributed by atoms with van der Waals surface area (Å²) >= 11 is 0. The molecular weight excluding hydrogens is 402 g/mol. The number of nitrogens with zero attached hydrogens (tertiary/aromatic N) is 4. The molecule has 2 aromatic carbocycles. The summed E-state index contributed by atoms with van der Waals surface area (Å²) in [5.74, 6) is -1.13. The minimum atomic E-state index is -1.03. The van der Waals surface area contributed by atoms with Crippen molar-refractivity contribution >= 4 is 23.2 Å². The second-order valence-corrected chi connectivity index (χ2v) is 7.35. The molecule has 0 atom stereocenters. The molecule has 2 amide bonds. The molecule has 2 N–H and O–H groups in total. The fourth-order valence-electron chi connectivity index (χ4n) is 3.28. The van der Waals surface area contributed by atoms with Crippen LogP contribution >= 0.6 is 0 Å². The van der Waals surface area contributed by atoms with Gasteiger partial charge in [-0.15, -0.1) is 10.2 Å². The van der Waals surface area contributed by atoms with E-state index in [9.17, 15) is 13.6 Å². The smallest absolute Gasteiger partial charge is 0.323 e. The third kappa shape index (κ3) is 5.13. The number of urea groups is 1. The molecule has 3 aromatic rings. The van der Waals surface area contributed by atoms with Gasteiger partial charge in [-0.1, -0.05) is 12.1 Å². The van der Waals surface area contributed by atoms with Gasteiger partial charge in [0, 0.05) is 49.2 Å². The van der Waals surface area contributed by atoms with Gasteiger partial charge < -0.3 is 20.4 Å². The molecule has 1 fully saturated rings. The number of likely N-dealkylation sites (N-methyl/N-ethyl adjacent to an activating group) is 1. The van der Waals surface area contributed by atoms with E-state index in [4.69, 9.17) is 0 Å². The zero-order valence-corrected chi connectivity index (χ0v) is 17.0. The van der Waals surface area contributed by atoms with Crippen LogP contribution in [0.15, 0.2) is 54.6 Å². The zero-order chi connectivity index (χ0) is 21.8. The average Bonchev–Trinajstić information content (AvgIpc) is 2.77. The van der Waals surface area contributed by atoms with Crippen LogP contribution in [0.4, 0.5) is 30.8 Å². The largest absolute Gasteiger partial charge is 0.353 e. The van der Waals surface area contributed by atoms with E-state index in [-0.39, 0.29) is 5.69 Å². The van der Waals surface area contributed by atoms with Gasteiger partial charge in [-0.05, 0) is 43.4 Å². The van der Waals surface area contributed by atoms with Crippen molar-refractivity contribution in [2.75, 3.05) is 48.8 Å². The minimum Gasteiger partial charge on any atom is -0.353 e. The van der Waals surface area contributed by atoms with Crippen molar-refractivity contribution < 1.29 is 13.6 Å². The first-order chi connectivity index (χ1) is 15.0. The Hall–Kier alpha value is -3.59. The molecule has 0 unspecified atom stereocenters. The van der Waals surface area contributed by atoms with Gasteiger partial charge in [0.05, 0.1) is 5.69 Å². The lowest BCUT2D eigenvalue weighted by molar-refractivity contribution is 0.262. The Kier molecular flexibility index (Phi) is 6.03. The van der Waals surface area contributed by atoms with E-state index in [0.717, 1.165) is 55.4 Å². The molecule has 1 aliphatic heterocycles. The molecule has 0 radical (unpaired) electrons. The molecule has 9 heteroatoms. The lowest BCUT2D eigenvalue weighted by Gasteiger charge is -2.32. The third-order valence-electron chi connectivity index (χ3n) is 5.09. The molecule has 1 aliphatic rings. The third-order valence-corrected chi connectivity index (χ3v) is 5.09. The van der Waals surface area contributed by atoms with Crippen LogP contribution in [-0.2, 0) is 0 Å².